The van der Waals surface area contributed by atoms with Gasteiger partial charge in [-0.1, -0.05) is 0 Å². The van der Waals surface area contributed by atoms with Gasteiger partial charge in [0.1, 0.15) is 0 Å². The lowest BCUT2D eigenvalue weighted by Crippen LogP contribution is -2.42. The van der Waals surface area contributed by atoms with E-state index in [1.54, 1.807) is 0 Å². The number of carbonyl (C=O) groups excluding carboxylic acids is 1. The highest BCUT2D eigenvalue weighted by molar-refractivity contribution is 7.90. The highest BCUT2D eigenvalue weighted by Crippen LogP contribution is 1.96. The third-order valence-corrected chi connectivity index (χ3v) is 3.28. The molecule has 5 N–H and O–H groups in total. The zero-order chi connectivity index (χ0) is 12.1. The minimum atomic E-state index is -3.90. The number of carboxylic acid groups (broad SMARTS) is 1. The number of primary amides is 1. The van der Waals surface area contributed by atoms with Crippen LogP contribution in [0.2, 0.25) is 0 Å². The predicted molar refractivity (Wildman–Crippen MR) is 51.6 cm³/mol. The van der Waals surface area contributed by atoms with Crippen molar-refractivity contribution in [1.82, 2.24) is 10.0 Å². The van der Waals surface area contributed by atoms with Crippen LogP contribution in [-0.2, 0) is 14.8 Å². The Morgan fingerprint density at radius 3 is 2.33 bits per heavy atom. The molecule has 0 saturated heterocycles. The maximum Gasteiger partial charge on any atom is 0.323 e. The largest absolute Gasteiger partial charge is 0.480 e. The molecule has 0 bridgehead atoms. The Morgan fingerprint density at radius 2 is 1.93 bits per heavy atom. The Bertz CT molecular complexity index is 339. The van der Waals surface area contributed by atoms with Crippen molar-refractivity contribution in [3.8, 4) is 0 Å². The fourth-order valence-electron chi connectivity index (χ4n) is 0.637. The van der Waals surface area contributed by atoms with Gasteiger partial charge in [0.25, 0.3) is 0 Å². The summed E-state index contributed by atoms with van der Waals surface area (Å²) in [5, 5.41) is 9.07. The zero-order valence-electron chi connectivity index (χ0n) is 8.06. The van der Waals surface area contributed by atoms with Gasteiger partial charge >= 0.3 is 12.0 Å². The minimum absolute atomic E-state index is 0.000895. The van der Waals surface area contributed by atoms with Crippen molar-refractivity contribution in [2.45, 2.75) is 12.2 Å². The lowest BCUT2D eigenvalue weighted by atomic mass is 10.5. The van der Waals surface area contributed by atoms with Gasteiger partial charge in [0, 0.05) is 13.1 Å². The highest BCUT2D eigenvalue weighted by Gasteiger charge is 2.26. The van der Waals surface area contributed by atoms with Gasteiger partial charge < -0.3 is 16.2 Å². The van der Waals surface area contributed by atoms with Gasteiger partial charge in [-0.15, -0.1) is 0 Å². The van der Waals surface area contributed by atoms with Gasteiger partial charge in [0.05, 0.1) is 0 Å². The fourth-order valence-corrected chi connectivity index (χ4v) is 1.54. The molecule has 1 atom stereocenters. The van der Waals surface area contributed by atoms with Crippen molar-refractivity contribution in [3.63, 3.8) is 0 Å². The van der Waals surface area contributed by atoms with Crippen molar-refractivity contribution in [3.05, 3.63) is 0 Å². The third kappa shape index (κ3) is 5.18. The second-order valence-electron chi connectivity index (χ2n) is 2.71. The molecule has 0 saturated carbocycles. The number of amides is 2. The van der Waals surface area contributed by atoms with Crippen molar-refractivity contribution < 1.29 is 23.1 Å². The summed E-state index contributed by atoms with van der Waals surface area (Å²) in [6.07, 6.45) is 0. The summed E-state index contributed by atoms with van der Waals surface area (Å²) in [6, 6.07) is -0.777. The van der Waals surface area contributed by atoms with Gasteiger partial charge in [-0.2, -0.15) is 0 Å². The van der Waals surface area contributed by atoms with Crippen LogP contribution in [-0.4, -0.2) is 43.9 Å². The minimum Gasteiger partial charge on any atom is -0.480 e. The zero-order valence-corrected chi connectivity index (χ0v) is 8.87. The molecular formula is C6H13N3O5S. The van der Waals surface area contributed by atoms with E-state index in [1.807, 2.05) is 4.72 Å². The molecule has 0 spiro atoms. The molecule has 0 heterocycles. The summed E-state index contributed by atoms with van der Waals surface area (Å²) in [4.78, 5) is 20.6. The van der Waals surface area contributed by atoms with Gasteiger partial charge in [-0.05, 0) is 6.92 Å². The molecule has 2 amide bonds. The van der Waals surface area contributed by atoms with E-state index in [1.165, 1.54) is 0 Å². The second kappa shape index (κ2) is 5.51. The van der Waals surface area contributed by atoms with E-state index >= 15 is 0 Å². The first-order chi connectivity index (χ1) is 6.77. The van der Waals surface area contributed by atoms with Crippen LogP contribution in [0.5, 0.6) is 0 Å². The van der Waals surface area contributed by atoms with Gasteiger partial charge in [0.15, 0.2) is 5.25 Å². The first kappa shape index (κ1) is 13.7. The lowest BCUT2D eigenvalue weighted by molar-refractivity contribution is -0.136. The van der Waals surface area contributed by atoms with Crippen molar-refractivity contribution in [1.29, 1.82) is 0 Å². The van der Waals surface area contributed by atoms with E-state index in [0.29, 0.717) is 0 Å². The molecule has 0 aromatic rings. The second-order valence-corrected chi connectivity index (χ2v) is 4.80. The van der Waals surface area contributed by atoms with Crippen molar-refractivity contribution >= 4 is 22.0 Å². The Labute approximate surface area is 86.9 Å². The maximum absolute atomic E-state index is 11.2. The number of rotatable bonds is 6. The molecular weight excluding hydrogens is 226 g/mol. The molecule has 8 nitrogen and oxygen atoms in total. The van der Waals surface area contributed by atoms with Crippen molar-refractivity contribution in [2.75, 3.05) is 13.1 Å². The number of urea groups is 1. The number of aliphatic carboxylic acids is 1. The van der Waals surface area contributed by atoms with Gasteiger partial charge in [-0.3, -0.25) is 4.79 Å². The predicted octanol–water partition coefficient (Wildman–Crippen LogP) is -1.95. The van der Waals surface area contributed by atoms with E-state index in [-0.39, 0.29) is 13.1 Å². The van der Waals surface area contributed by atoms with Crippen LogP contribution < -0.4 is 15.8 Å². The lowest BCUT2D eigenvalue weighted by Gasteiger charge is -2.09. The summed E-state index contributed by atoms with van der Waals surface area (Å²) in [7, 11) is -3.90. The number of nitrogens with one attached hydrogen (secondary N) is 2. The van der Waals surface area contributed by atoms with E-state index in [0.717, 1.165) is 6.92 Å². The number of carbonyl (C=O) groups is 2. The monoisotopic (exact) mass is 239 g/mol. The molecule has 9 heteroatoms. The molecule has 0 aromatic heterocycles. The highest BCUT2D eigenvalue weighted by atomic mass is 32.2. The molecule has 0 aliphatic rings. The molecule has 0 radical (unpaired) electrons. The summed E-state index contributed by atoms with van der Waals surface area (Å²) < 4.78 is 24.4. The Hall–Kier alpha value is -1.35. The van der Waals surface area contributed by atoms with Gasteiger partial charge in [0.2, 0.25) is 10.0 Å². The normalized spacial score (nSPS) is 13.1. The fraction of sp³-hybridized carbons (Fsp3) is 0.667. The number of sulfonamides is 1. The Morgan fingerprint density at radius 1 is 1.40 bits per heavy atom. The Kier molecular flexibility index (Phi) is 5.02. The summed E-state index contributed by atoms with van der Waals surface area (Å²) >= 11 is 0. The first-order valence-electron chi connectivity index (χ1n) is 4.02. The number of hydrogen-bond acceptors (Lipinski definition) is 4. The quantitative estimate of drug-likeness (QED) is 0.399. The van der Waals surface area contributed by atoms with Crippen molar-refractivity contribution in [2.24, 2.45) is 5.73 Å². The van der Waals surface area contributed by atoms with E-state index in [4.69, 9.17) is 10.8 Å². The number of carboxylic acids is 1. The van der Waals surface area contributed by atoms with Crippen LogP contribution in [0.4, 0.5) is 4.79 Å². The smallest absolute Gasteiger partial charge is 0.323 e. The van der Waals surface area contributed by atoms with E-state index in [2.05, 4.69) is 5.32 Å². The van der Waals surface area contributed by atoms with Crippen LogP contribution >= 0.6 is 0 Å². The average molecular weight is 239 g/mol. The molecule has 0 fully saturated rings. The molecule has 1 unspecified atom stereocenters. The van der Waals surface area contributed by atoms with Gasteiger partial charge in [-0.25, -0.2) is 17.9 Å². The summed E-state index contributed by atoms with van der Waals surface area (Å²) in [5.74, 6) is -1.44. The van der Waals surface area contributed by atoms with Crippen LogP contribution in [0.3, 0.4) is 0 Å². The summed E-state index contributed by atoms with van der Waals surface area (Å²) in [5.41, 5.74) is 4.73. The van der Waals surface area contributed by atoms with Crippen LogP contribution in [0.25, 0.3) is 0 Å². The SMILES string of the molecule is CC(C(=O)O)S(=O)(=O)NCCNC(N)=O. The molecule has 15 heavy (non-hydrogen) atoms. The van der Waals surface area contributed by atoms with Crippen LogP contribution in [0, 0.1) is 0 Å². The van der Waals surface area contributed by atoms with E-state index < -0.39 is 27.3 Å². The number of nitrogens with two attached hydrogens (primary N) is 1. The van der Waals surface area contributed by atoms with Crippen LogP contribution in [0.1, 0.15) is 6.92 Å². The molecule has 0 aliphatic heterocycles. The Balaban J connectivity index is 4.06. The molecule has 0 aliphatic carbocycles. The molecule has 0 rings (SSSR count). The average Bonchev–Trinajstić information content (AvgIpc) is 2.10. The number of hydrogen-bond donors (Lipinski definition) is 4. The first-order valence-corrected chi connectivity index (χ1v) is 5.56. The topological polar surface area (TPSA) is 139 Å². The van der Waals surface area contributed by atoms with Crippen LogP contribution in [0.15, 0.2) is 0 Å². The van der Waals surface area contributed by atoms with E-state index in [9.17, 15) is 18.0 Å². The molecule has 0 aromatic carbocycles. The summed E-state index contributed by atoms with van der Waals surface area (Å²) in [6.45, 7) is 0.940. The molecule has 88 valence electrons. The standard InChI is InChI=1S/C6H13N3O5S/c1-4(5(10)11)15(13,14)9-3-2-8-6(7)12/h4,9H,2-3H2,1H3,(H,10,11)(H3,7,8,12). The maximum atomic E-state index is 11.2. The third-order valence-electron chi connectivity index (χ3n) is 1.54.